The predicted octanol–water partition coefficient (Wildman–Crippen LogP) is 4.45. The molecule has 0 atom stereocenters. The molecule has 0 aromatic heterocycles. The van der Waals surface area contributed by atoms with Crippen LogP contribution in [0.4, 0.5) is 13.2 Å². The minimum Gasteiger partial charge on any atom is -0.486 e. The van der Waals surface area contributed by atoms with E-state index >= 15 is 0 Å². The number of hydrogen-bond acceptors (Lipinski definition) is 1. The quantitative estimate of drug-likeness (QED) is 0.813. The fourth-order valence-corrected chi connectivity index (χ4v) is 1.72. The topological polar surface area (TPSA) is 9.23 Å². The highest BCUT2D eigenvalue weighted by molar-refractivity contribution is 9.10. The molecule has 0 saturated heterocycles. The van der Waals surface area contributed by atoms with Crippen molar-refractivity contribution in [2.75, 3.05) is 0 Å². The van der Waals surface area contributed by atoms with Crippen LogP contribution in [0.15, 0.2) is 40.9 Å². The lowest BCUT2D eigenvalue weighted by Crippen LogP contribution is -2.01. The number of hydrogen-bond donors (Lipinski definition) is 0. The third-order valence-electron chi connectivity index (χ3n) is 2.31. The van der Waals surface area contributed by atoms with Crippen LogP contribution in [0.2, 0.25) is 0 Å². The first-order valence-electron chi connectivity index (χ1n) is 5.08. The van der Waals surface area contributed by atoms with Crippen molar-refractivity contribution in [2.24, 2.45) is 0 Å². The standard InChI is InChI=1S/C13H8BrF3O/c14-9-5-4-8(11(16)6-9)7-18-12-3-1-2-10(15)13(12)17/h1-6H,7H2. The third-order valence-corrected chi connectivity index (χ3v) is 2.81. The van der Waals surface area contributed by atoms with E-state index in [4.69, 9.17) is 4.74 Å². The highest BCUT2D eigenvalue weighted by atomic mass is 79.9. The van der Waals surface area contributed by atoms with Gasteiger partial charge in [0.1, 0.15) is 12.4 Å². The molecule has 18 heavy (non-hydrogen) atoms. The number of rotatable bonds is 3. The monoisotopic (exact) mass is 316 g/mol. The maximum absolute atomic E-state index is 13.5. The molecule has 94 valence electrons. The van der Waals surface area contributed by atoms with Crippen molar-refractivity contribution >= 4 is 15.9 Å². The Bertz CT molecular complexity index is 572. The Labute approximate surface area is 110 Å². The van der Waals surface area contributed by atoms with Crippen LogP contribution < -0.4 is 4.74 Å². The van der Waals surface area contributed by atoms with Gasteiger partial charge in [-0.15, -0.1) is 0 Å². The second-order valence-corrected chi connectivity index (χ2v) is 4.49. The lowest BCUT2D eigenvalue weighted by molar-refractivity contribution is 0.279. The maximum atomic E-state index is 13.5. The Kier molecular flexibility index (Phi) is 3.91. The van der Waals surface area contributed by atoms with E-state index in [9.17, 15) is 13.2 Å². The second kappa shape index (κ2) is 5.44. The molecule has 0 saturated carbocycles. The summed E-state index contributed by atoms with van der Waals surface area (Å²) >= 11 is 3.12. The van der Waals surface area contributed by atoms with Crippen molar-refractivity contribution in [3.8, 4) is 5.75 Å². The smallest absolute Gasteiger partial charge is 0.200 e. The van der Waals surface area contributed by atoms with Gasteiger partial charge in [0.15, 0.2) is 11.6 Å². The van der Waals surface area contributed by atoms with Crippen molar-refractivity contribution in [1.82, 2.24) is 0 Å². The lowest BCUT2D eigenvalue weighted by atomic mass is 10.2. The average molecular weight is 317 g/mol. The molecule has 0 heterocycles. The minimum absolute atomic E-state index is 0.167. The zero-order valence-corrected chi connectivity index (χ0v) is 10.7. The molecule has 0 aliphatic rings. The molecule has 0 spiro atoms. The zero-order valence-electron chi connectivity index (χ0n) is 9.09. The van der Waals surface area contributed by atoms with Gasteiger partial charge in [-0.3, -0.25) is 0 Å². The van der Waals surface area contributed by atoms with Crippen molar-refractivity contribution in [1.29, 1.82) is 0 Å². The van der Waals surface area contributed by atoms with Gasteiger partial charge in [0.2, 0.25) is 5.82 Å². The van der Waals surface area contributed by atoms with Crippen LogP contribution in [0, 0.1) is 17.5 Å². The molecule has 0 unspecified atom stereocenters. The number of ether oxygens (including phenoxy) is 1. The molecular formula is C13H8BrF3O. The summed E-state index contributed by atoms with van der Waals surface area (Å²) in [5, 5.41) is 0. The average Bonchev–Trinajstić information content (AvgIpc) is 2.33. The van der Waals surface area contributed by atoms with Gasteiger partial charge in [0.05, 0.1) is 0 Å². The summed E-state index contributed by atoms with van der Waals surface area (Å²) in [4.78, 5) is 0. The van der Waals surface area contributed by atoms with Gasteiger partial charge in [0.25, 0.3) is 0 Å². The van der Waals surface area contributed by atoms with E-state index in [1.54, 1.807) is 6.07 Å². The molecule has 0 aliphatic heterocycles. The van der Waals surface area contributed by atoms with Gasteiger partial charge in [-0.25, -0.2) is 8.78 Å². The van der Waals surface area contributed by atoms with E-state index in [1.807, 2.05) is 0 Å². The Morgan fingerprint density at radius 1 is 1.00 bits per heavy atom. The van der Waals surface area contributed by atoms with E-state index in [2.05, 4.69) is 15.9 Å². The van der Waals surface area contributed by atoms with Gasteiger partial charge < -0.3 is 4.74 Å². The van der Waals surface area contributed by atoms with Crippen LogP contribution in [0.3, 0.4) is 0 Å². The summed E-state index contributed by atoms with van der Waals surface area (Å²) in [5.74, 6) is -2.78. The normalized spacial score (nSPS) is 10.4. The minimum atomic E-state index is -1.07. The first kappa shape index (κ1) is 13.0. The van der Waals surface area contributed by atoms with Crippen LogP contribution in [0.1, 0.15) is 5.56 Å². The molecule has 0 fully saturated rings. The number of benzene rings is 2. The van der Waals surface area contributed by atoms with E-state index in [0.717, 1.165) is 6.07 Å². The molecule has 2 rings (SSSR count). The third kappa shape index (κ3) is 2.85. The number of halogens is 4. The Morgan fingerprint density at radius 2 is 1.78 bits per heavy atom. The molecule has 2 aromatic carbocycles. The largest absolute Gasteiger partial charge is 0.486 e. The first-order chi connectivity index (χ1) is 8.58. The Hall–Kier alpha value is -1.49. The van der Waals surface area contributed by atoms with E-state index in [-0.39, 0.29) is 17.9 Å². The maximum Gasteiger partial charge on any atom is 0.200 e. The summed E-state index contributed by atoms with van der Waals surface area (Å²) in [6.45, 7) is -0.167. The molecule has 0 aliphatic carbocycles. The van der Waals surface area contributed by atoms with E-state index < -0.39 is 17.5 Å². The molecule has 5 heteroatoms. The van der Waals surface area contributed by atoms with Gasteiger partial charge in [-0.2, -0.15) is 4.39 Å². The molecule has 0 amide bonds. The second-order valence-electron chi connectivity index (χ2n) is 3.58. The van der Waals surface area contributed by atoms with Gasteiger partial charge >= 0.3 is 0 Å². The van der Waals surface area contributed by atoms with Gasteiger partial charge in [-0.05, 0) is 24.3 Å². The molecule has 0 bridgehead atoms. The van der Waals surface area contributed by atoms with Gasteiger partial charge in [0, 0.05) is 10.0 Å². The summed E-state index contributed by atoms with van der Waals surface area (Å²) in [6.07, 6.45) is 0. The van der Waals surface area contributed by atoms with Crippen LogP contribution >= 0.6 is 15.9 Å². The molecular weight excluding hydrogens is 309 g/mol. The van der Waals surface area contributed by atoms with E-state index in [0.29, 0.717) is 4.47 Å². The fourth-order valence-electron chi connectivity index (χ4n) is 1.39. The lowest BCUT2D eigenvalue weighted by Gasteiger charge is -2.08. The molecule has 0 radical (unpaired) electrons. The highest BCUT2D eigenvalue weighted by Crippen LogP contribution is 2.22. The summed E-state index contributed by atoms with van der Waals surface area (Å²) in [5.41, 5.74) is 0.266. The molecule has 0 N–H and O–H groups in total. The summed E-state index contributed by atoms with van der Waals surface area (Å²) in [7, 11) is 0. The fraction of sp³-hybridized carbons (Fsp3) is 0.0769. The van der Waals surface area contributed by atoms with Gasteiger partial charge in [-0.1, -0.05) is 28.1 Å². The Balaban J connectivity index is 2.14. The molecule has 2 aromatic rings. The van der Waals surface area contributed by atoms with Crippen molar-refractivity contribution in [3.63, 3.8) is 0 Å². The summed E-state index contributed by atoms with van der Waals surface area (Å²) in [6, 6.07) is 8.03. The highest BCUT2D eigenvalue weighted by Gasteiger charge is 2.10. The van der Waals surface area contributed by atoms with Crippen LogP contribution in [-0.4, -0.2) is 0 Å². The van der Waals surface area contributed by atoms with E-state index in [1.165, 1.54) is 24.3 Å². The van der Waals surface area contributed by atoms with Crippen LogP contribution in [0.5, 0.6) is 5.75 Å². The van der Waals surface area contributed by atoms with Crippen molar-refractivity contribution < 1.29 is 17.9 Å². The molecule has 1 nitrogen and oxygen atoms in total. The first-order valence-corrected chi connectivity index (χ1v) is 5.88. The van der Waals surface area contributed by atoms with Crippen molar-refractivity contribution in [3.05, 3.63) is 63.9 Å². The Morgan fingerprint density at radius 3 is 2.50 bits per heavy atom. The predicted molar refractivity (Wildman–Crippen MR) is 64.8 cm³/mol. The zero-order chi connectivity index (χ0) is 13.1. The summed E-state index contributed by atoms with van der Waals surface area (Å²) < 4.78 is 45.3. The SMILES string of the molecule is Fc1cc(Br)ccc1COc1cccc(F)c1F. The van der Waals surface area contributed by atoms with Crippen LogP contribution in [-0.2, 0) is 6.61 Å². The van der Waals surface area contributed by atoms with Crippen LogP contribution in [0.25, 0.3) is 0 Å². The van der Waals surface area contributed by atoms with Crippen molar-refractivity contribution in [2.45, 2.75) is 6.61 Å².